The molecule has 2 aromatic carbocycles. The van der Waals surface area contributed by atoms with Crippen LogP contribution in [-0.4, -0.2) is 11.7 Å². The van der Waals surface area contributed by atoms with Crippen LogP contribution in [0, 0.1) is 0 Å². The predicted octanol–water partition coefficient (Wildman–Crippen LogP) is 5.67. The highest BCUT2D eigenvalue weighted by Gasteiger charge is 2.04. The van der Waals surface area contributed by atoms with Crippen LogP contribution in [0.5, 0.6) is 11.5 Å². The predicted molar refractivity (Wildman–Crippen MR) is 89.1 cm³/mol. The molecular formula is C19H26O2. The van der Waals surface area contributed by atoms with Crippen molar-refractivity contribution in [1.82, 2.24) is 0 Å². The standard InChI is InChI=1S/C19H26O2/c1-2-3-4-5-6-7-10-13-21-19-15-17-12-9-8-11-16(17)14-18(19)20/h8-9,11-12,14-15,20H,2-7,10,13H2,1H3. The molecule has 0 spiro atoms. The molecule has 21 heavy (non-hydrogen) atoms. The first kappa shape index (κ1) is 15.7. The van der Waals surface area contributed by atoms with Crippen LogP contribution in [0.25, 0.3) is 10.8 Å². The Kier molecular flexibility index (Phi) is 6.39. The van der Waals surface area contributed by atoms with Crippen molar-refractivity contribution in [1.29, 1.82) is 0 Å². The van der Waals surface area contributed by atoms with Gasteiger partial charge in [-0.05, 0) is 29.3 Å². The minimum atomic E-state index is 0.233. The van der Waals surface area contributed by atoms with E-state index in [0.717, 1.165) is 17.2 Å². The monoisotopic (exact) mass is 286 g/mol. The summed E-state index contributed by atoms with van der Waals surface area (Å²) in [6.07, 6.45) is 8.87. The van der Waals surface area contributed by atoms with Gasteiger partial charge in [-0.3, -0.25) is 0 Å². The maximum Gasteiger partial charge on any atom is 0.161 e. The molecule has 0 aliphatic carbocycles. The molecule has 2 heteroatoms. The maximum atomic E-state index is 9.98. The molecule has 2 nitrogen and oxygen atoms in total. The summed E-state index contributed by atoms with van der Waals surface area (Å²) in [6, 6.07) is 11.7. The summed E-state index contributed by atoms with van der Waals surface area (Å²) in [4.78, 5) is 0. The average Bonchev–Trinajstić information content (AvgIpc) is 2.50. The van der Waals surface area contributed by atoms with Gasteiger partial charge in [-0.15, -0.1) is 0 Å². The number of benzene rings is 2. The smallest absolute Gasteiger partial charge is 0.161 e. The van der Waals surface area contributed by atoms with Crippen molar-refractivity contribution in [2.75, 3.05) is 6.61 Å². The molecule has 0 unspecified atom stereocenters. The molecule has 0 saturated heterocycles. The molecule has 0 heterocycles. The number of unbranched alkanes of at least 4 members (excludes halogenated alkanes) is 6. The van der Waals surface area contributed by atoms with Crippen molar-refractivity contribution in [3.63, 3.8) is 0 Å². The highest BCUT2D eigenvalue weighted by molar-refractivity contribution is 5.85. The van der Waals surface area contributed by atoms with Gasteiger partial charge in [-0.1, -0.05) is 69.7 Å². The van der Waals surface area contributed by atoms with Crippen molar-refractivity contribution in [2.24, 2.45) is 0 Å². The fourth-order valence-corrected chi connectivity index (χ4v) is 2.56. The van der Waals surface area contributed by atoms with E-state index in [9.17, 15) is 5.11 Å². The van der Waals surface area contributed by atoms with Gasteiger partial charge in [0, 0.05) is 0 Å². The van der Waals surface area contributed by atoms with E-state index >= 15 is 0 Å². The normalized spacial score (nSPS) is 10.9. The molecule has 0 atom stereocenters. The molecule has 114 valence electrons. The Morgan fingerprint density at radius 1 is 0.857 bits per heavy atom. The largest absolute Gasteiger partial charge is 0.504 e. The van der Waals surface area contributed by atoms with Crippen molar-refractivity contribution in [3.05, 3.63) is 36.4 Å². The lowest BCUT2D eigenvalue weighted by Gasteiger charge is -2.09. The van der Waals surface area contributed by atoms with Crippen LogP contribution in [0.2, 0.25) is 0 Å². The molecule has 0 saturated carbocycles. The number of hydrogen-bond acceptors (Lipinski definition) is 2. The third kappa shape index (κ3) is 4.96. The summed E-state index contributed by atoms with van der Waals surface area (Å²) in [5, 5.41) is 12.1. The number of rotatable bonds is 9. The van der Waals surface area contributed by atoms with Crippen LogP contribution in [0.3, 0.4) is 0 Å². The molecule has 0 bridgehead atoms. The zero-order valence-electron chi connectivity index (χ0n) is 13.0. The fraction of sp³-hybridized carbons (Fsp3) is 0.474. The zero-order valence-corrected chi connectivity index (χ0v) is 13.0. The van der Waals surface area contributed by atoms with Crippen molar-refractivity contribution in [2.45, 2.75) is 51.9 Å². The second-order valence-electron chi connectivity index (χ2n) is 5.64. The summed E-state index contributed by atoms with van der Waals surface area (Å²) in [7, 11) is 0. The quantitative estimate of drug-likeness (QED) is 0.601. The molecule has 0 radical (unpaired) electrons. The van der Waals surface area contributed by atoms with Gasteiger partial charge < -0.3 is 9.84 Å². The maximum absolute atomic E-state index is 9.98. The van der Waals surface area contributed by atoms with Crippen LogP contribution in [0.1, 0.15) is 51.9 Å². The SMILES string of the molecule is CCCCCCCCCOc1cc2ccccc2cc1O. The zero-order chi connectivity index (χ0) is 14.9. The summed E-state index contributed by atoms with van der Waals surface area (Å²) in [6.45, 7) is 2.92. The van der Waals surface area contributed by atoms with Gasteiger partial charge in [0.05, 0.1) is 6.61 Å². The number of phenolic OH excluding ortho intramolecular Hbond substituents is 1. The average molecular weight is 286 g/mol. The number of ether oxygens (including phenoxy) is 1. The minimum Gasteiger partial charge on any atom is -0.504 e. The molecule has 1 N–H and O–H groups in total. The fourth-order valence-electron chi connectivity index (χ4n) is 2.56. The van der Waals surface area contributed by atoms with E-state index in [4.69, 9.17) is 4.74 Å². The Balaban J connectivity index is 1.74. The van der Waals surface area contributed by atoms with Gasteiger partial charge >= 0.3 is 0 Å². The lowest BCUT2D eigenvalue weighted by Crippen LogP contribution is -1.97. The van der Waals surface area contributed by atoms with E-state index < -0.39 is 0 Å². The molecule has 0 aromatic heterocycles. The van der Waals surface area contributed by atoms with E-state index in [1.165, 1.54) is 38.5 Å². The Labute approximate surface area is 127 Å². The lowest BCUT2D eigenvalue weighted by molar-refractivity contribution is 0.289. The second kappa shape index (κ2) is 8.56. The van der Waals surface area contributed by atoms with Crippen LogP contribution < -0.4 is 4.74 Å². The molecule has 0 aliphatic heterocycles. The van der Waals surface area contributed by atoms with E-state index in [1.54, 1.807) is 6.07 Å². The van der Waals surface area contributed by atoms with Crippen LogP contribution in [0.4, 0.5) is 0 Å². The third-order valence-electron chi connectivity index (χ3n) is 3.83. The number of phenols is 1. The van der Waals surface area contributed by atoms with E-state index in [-0.39, 0.29) is 5.75 Å². The van der Waals surface area contributed by atoms with Gasteiger partial charge in [0.2, 0.25) is 0 Å². The van der Waals surface area contributed by atoms with E-state index in [0.29, 0.717) is 12.4 Å². The Morgan fingerprint density at radius 2 is 1.48 bits per heavy atom. The van der Waals surface area contributed by atoms with Gasteiger partial charge in [0.15, 0.2) is 11.5 Å². The van der Waals surface area contributed by atoms with Crippen molar-refractivity contribution in [3.8, 4) is 11.5 Å². The van der Waals surface area contributed by atoms with E-state index in [2.05, 4.69) is 6.92 Å². The summed E-state index contributed by atoms with van der Waals surface area (Å²) in [5.41, 5.74) is 0. The van der Waals surface area contributed by atoms with Crippen molar-refractivity contribution >= 4 is 10.8 Å². The van der Waals surface area contributed by atoms with Crippen LogP contribution >= 0.6 is 0 Å². The highest BCUT2D eigenvalue weighted by atomic mass is 16.5. The van der Waals surface area contributed by atoms with Gasteiger partial charge in [-0.2, -0.15) is 0 Å². The number of hydrogen-bond donors (Lipinski definition) is 1. The number of aromatic hydroxyl groups is 1. The summed E-state index contributed by atoms with van der Waals surface area (Å²) in [5.74, 6) is 0.830. The van der Waals surface area contributed by atoms with Gasteiger partial charge in [0.25, 0.3) is 0 Å². The second-order valence-corrected chi connectivity index (χ2v) is 5.64. The molecule has 0 aliphatic rings. The summed E-state index contributed by atoms with van der Waals surface area (Å²) < 4.78 is 5.72. The number of fused-ring (bicyclic) bond motifs is 1. The van der Waals surface area contributed by atoms with Gasteiger partial charge in [-0.25, -0.2) is 0 Å². The molecule has 0 amide bonds. The Bertz CT molecular complexity index is 548. The molecule has 0 fully saturated rings. The lowest BCUT2D eigenvalue weighted by atomic mass is 10.1. The van der Waals surface area contributed by atoms with Gasteiger partial charge in [0.1, 0.15) is 0 Å². The highest BCUT2D eigenvalue weighted by Crippen LogP contribution is 2.31. The topological polar surface area (TPSA) is 29.5 Å². The molecular weight excluding hydrogens is 260 g/mol. The minimum absolute atomic E-state index is 0.233. The van der Waals surface area contributed by atoms with Crippen LogP contribution in [0.15, 0.2) is 36.4 Å². The summed E-state index contributed by atoms with van der Waals surface area (Å²) >= 11 is 0. The first-order valence-corrected chi connectivity index (χ1v) is 8.16. The first-order chi connectivity index (χ1) is 10.3. The van der Waals surface area contributed by atoms with Crippen LogP contribution in [-0.2, 0) is 0 Å². The third-order valence-corrected chi connectivity index (χ3v) is 3.83. The molecule has 2 aromatic rings. The Morgan fingerprint density at radius 3 is 2.19 bits per heavy atom. The molecule has 2 rings (SSSR count). The van der Waals surface area contributed by atoms with Crippen molar-refractivity contribution < 1.29 is 9.84 Å². The van der Waals surface area contributed by atoms with E-state index in [1.807, 2.05) is 30.3 Å². The first-order valence-electron chi connectivity index (χ1n) is 8.16. The Hall–Kier alpha value is -1.70.